The van der Waals surface area contributed by atoms with Crippen molar-refractivity contribution >= 4 is 11.7 Å². The van der Waals surface area contributed by atoms with Gasteiger partial charge in [0.2, 0.25) is 0 Å². The van der Waals surface area contributed by atoms with Crippen molar-refractivity contribution in [2.24, 2.45) is 0 Å². The third kappa shape index (κ3) is 4.83. The van der Waals surface area contributed by atoms with Crippen molar-refractivity contribution in [2.75, 3.05) is 11.9 Å². The maximum atomic E-state index is 12.4. The highest BCUT2D eigenvalue weighted by molar-refractivity contribution is 5.91. The van der Waals surface area contributed by atoms with E-state index in [9.17, 15) is 4.79 Å². The van der Waals surface area contributed by atoms with E-state index in [0.29, 0.717) is 12.8 Å². The molecule has 2 aromatic carbocycles. The summed E-state index contributed by atoms with van der Waals surface area (Å²) >= 11 is 0. The van der Waals surface area contributed by atoms with Crippen LogP contribution in [0.25, 0.3) is 0 Å². The number of hydrogen-bond donors (Lipinski definition) is 3. The monoisotopic (exact) mass is 312 g/mol. The Kier molecular flexibility index (Phi) is 6.18. The van der Waals surface area contributed by atoms with E-state index in [2.05, 4.69) is 10.6 Å². The summed E-state index contributed by atoms with van der Waals surface area (Å²) in [5.41, 5.74) is 3.95. The first kappa shape index (κ1) is 17.0. The van der Waals surface area contributed by atoms with Crippen LogP contribution in [0.4, 0.5) is 10.5 Å². The summed E-state index contributed by atoms with van der Waals surface area (Å²) in [4.78, 5) is 12.4. The highest BCUT2D eigenvalue weighted by atomic mass is 16.3. The molecule has 4 nitrogen and oxygen atoms in total. The summed E-state index contributed by atoms with van der Waals surface area (Å²) in [6, 6.07) is 15.4. The van der Waals surface area contributed by atoms with Crippen LogP contribution in [-0.4, -0.2) is 17.7 Å². The van der Waals surface area contributed by atoms with Crippen LogP contribution in [0.15, 0.2) is 48.5 Å². The van der Waals surface area contributed by atoms with Crippen molar-refractivity contribution in [3.8, 4) is 0 Å². The van der Waals surface area contributed by atoms with Gasteiger partial charge in [0.05, 0.1) is 6.04 Å². The van der Waals surface area contributed by atoms with Gasteiger partial charge in [0, 0.05) is 12.3 Å². The summed E-state index contributed by atoms with van der Waals surface area (Å²) in [5.74, 6) is 0. The molecule has 0 radical (unpaired) electrons. The SMILES string of the molecule is Cc1cccc(C)c1NC(=O)NC(CCCO)c1ccccc1. The summed E-state index contributed by atoms with van der Waals surface area (Å²) in [6.45, 7) is 4.07. The molecule has 0 aliphatic heterocycles. The lowest BCUT2D eigenvalue weighted by molar-refractivity contribution is 0.243. The Bertz CT molecular complexity index is 621. The van der Waals surface area contributed by atoms with Crippen LogP contribution in [0.1, 0.15) is 35.6 Å². The number of anilines is 1. The zero-order valence-corrected chi connectivity index (χ0v) is 13.7. The standard InChI is InChI=1S/C19H24N2O2/c1-14-8-6-9-15(2)18(14)21-19(23)20-17(12-7-13-22)16-10-4-3-5-11-16/h3-6,8-11,17,22H,7,12-13H2,1-2H3,(H2,20,21,23). The van der Waals surface area contributed by atoms with Crippen molar-refractivity contribution in [1.82, 2.24) is 5.32 Å². The third-order valence-corrected chi connectivity index (χ3v) is 3.88. The lowest BCUT2D eigenvalue weighted by Gasteiger charge is -2.20. The van der Waals surface area contributed by atoms with Crippen molar-refractivity contribution in [2.45, 2.75) is 32.7 Å². The number of carbonyl (C=O) groups excluding carboxylic acids is 1. The molecule has 1 unspecified atom stereocenters. The largest absolute Gasteiger partial charge is 0.396 e. The van der Waals surface area contributed by atoms with Gasteiger partial charge in [-0.1, -0.05) is 48.5 Å². The van der Waals surface area contributed by atoms with Crippen LogP contribution >= 0.6 is 0 Å². The summed E-state index contributed by atoms with van der Waals surface area (Å²) in [7, 11) is 0. The van der Waals surface area contributed by atoms with Crippen LogP contribution in [0.3, 0.4) is 0 Å². The molecule has 1 atom stereocenters. The average molecular weight is 312 g/mol. The number of rotatable bonds is 6. The fraction of sp³-hybridized carbons (Fsp3) is 0.316. The van der Waals surface area contributed by atoms with E-state index < -0.39 is 0 Å². The number of aryl methyl sites for hydroxylation is 2. The van der Waals surface area contributed by atoms with Gasteiger partial charge in [-0.25, -0.2) is 4.79 Å². The van der Waals surface area contributed by atoms with Gasteiger partial charge in [0.15, 0.2) is 0 Å². The number of carbonyl (C=O) groups is 1. The number of hydrogen-bond acceptors (Lipinski definition) is 2. The number of benzene rings is 2. The average Bonchev–Trinajstić information content (AvgIpc) is 2.56. The van der Waals surface area contributed by atoms with Gasteiger partial charge in [0.25, 0.3) is 0 Å². The van der Waals surface area contributed by atoms with Gasteiger partial charge in [-0.05, 0) is 43.4 Å². The third-order valence-electron chi connectivity index (χ3n) is 3.88. The van der Waals surface area contributed by atoms with Gasteiger partial charge >= 0.3 is 6.03 Å². The minimum absolute atomic E-state index is 0.115. The molecule has 3 N–H and O–H groups in total. The molecule has 0 saturated carbocycles. The van der Waals surface area contributed by atoms with E-state index in [1.54, 1.807) is 0 Å². The van der Waals surface area contributed by atoms with Crippen molar-refractivity contribution in [1.29, 1.82) is 0 Å². The predicted octanol–water partition coefficient (Wildman–Crippen LogP) is 3.94. The summed E-state index contributed by atoms with van der Waals surface area (Å²) in [6.07, 6.45) is 1.34. The van der Waals surface area contributed by atoms with Crippen LogP contribution < -0.4 is 10.6 Å². The first-order chi connectivity index (χ1) is 11.1. The molecule has 4 heteroatoms. The molecule has 0 bridgehead atoms. The molecule has 0 saturated heterocycles. The maximum absolute atomic E-state index is 12.4. The number of amides is 2. The number of aliphatic hydroxyl groups excluding tert-OH is 1. The molecule has 23 heavy (non-hydrogen) atoms. The molecular formula is C19H24N2O2. The lowest BCUT2D eigenvalue weighted by atomic mass is 10.0. The summed E-state index contributed by atoms with van der Waals surface area (Å²) in [5, 5.41) is 15.0. The van der Waals surface area contributed by atoms with Crippen molar-refractivity contribution in [3.05, 3.63) is 65.2 Å². The summed E-state index contributed by atoms with van der Waals surface area (Å²) < 4.78 is 0. The molecule has 0 fully saturated rings. The highest BCUT2D eigenvalue weighted by Gasteiger charge is 2.15. The van der Waals surface area contributed by atoms with E-state index in [1.165, 1.54) is 0 Å². The normalized spacial score (nSPS) is 11.8. The molecular weight excluding hydrogens is 288 g/mol. The topological polar surface area (TPSA) is 61.4 Å². The zero-order valence-electron chi connectivity index (χ0n) is 13.7. The fourth-order valence-electron chi connectivity index (χ4n) is 2.62. The van der Waals surface area contributed by atoms with Gasteiger partial charge in [-0.2, -0.15) is 0 Å². The van der Waals surface area contributed by atoms with Crippen molar-refractivity contribution < 1.29 is 9.90 Å². The first-order valence-corrected chi connectivity index (χ1v) is 7.91. The van der Waals surface area contributed by atoms with E-state index >= 15 is 0 Å². The van der Waals surface area contributed by atoms with E-state index in [1.807, 2.05) is 62.4 Å². The van der Waals surface area contributed by atoms with E-state index in [4.69, 9.17) is 5.11 Å². The second-order valence-corrected chi connectivity index (χ2v) is 5.69. The van der Waals surface area contributed by atoms with Crippen LogP contribution in [0.5, 0.6) is 0 Å². The number of para-hydroxylation sites is 1. The van der Waals surface area contributed by atoms with E-state index in [-0.39, 0.29) is 18.7 Å². The Balaban J connectivity index is 2.08. The quantitative estimate of drug-likeness (QED) is 0.756. The molecule has 0 aromatic heterocycles. The molecule has 0 spiro atoms. The number of aliphatic hydroxyl groups is 1. The molecule has 0 heterocycles. The maximum Gasteiger partial charge on any atom is 0.319 e. The second kappa shape index (κ2) is 8.34. The van der Waals surface area contributed by atoms with Crippen LogP contribution in [0.2, 0.25) is 0 Å². The minimum atomic E-state index is -0.228. The molecule has 0 aliphatic carbocycles. The van der Waals surface area contributed by atoms with Gasteiger partial charge in [-0.3, -0.25) is 0 Å². The molecule has 2 aromatic rings. The second-order valence-electron chi connectivity index (χ2n) is 5.69. The van der Waals surface area contributed by atoms with Crippen molar-refractivity contribution in [3.63, 3.8) is 0 Å². The van der Waals surface area contributed by atoms with Gasteiger partial charge in [0.1, 0.15) is 0 Å². The van der Waals surface area contributed by atoms with Gasteiger partial charge < -0.3 is 15.7 Å². The minimum Gasteiger partial charge on any atom is -0.396 e. The number of nitrogens with one attached hydrogen (secondary N) is 2. The first-order valence-electron chi connectivity index (χ1n) is 7.91. The smallest absolute Gasteiger partial charge is 0.319 e. The van der Waals surface area contributed by atoms with E-state index in [0.717, 1.165) is 22.4 Å². The zero-order chi connectivity index (χ0) is 16.7. The van der Waals surface area contributed by atoms with Crippen LogP contribution in [-0.2, 0) is 0 Å². The Morgan fingerprint density at radius 1 is 1.04 bits per heavy atom. The lowest BCUT2D eigenvalue weighted by Crippen LogP contribution is -2.33. The Morgan fingerprint density at radius 2 is 1.70 bits per heavy atom. The Hall–Kier alpha value is -2.33. The van der Waals surface area contributed by atoms with Gasteiger partial charge in [-0.15, -0.1) is 0 Å². The molecule has 2 amide bonds. The molecule has 2 rings (SSSR count). The highest BCUT2D eigenvalue weighted by Crippen LogP contribution is 2.21. The predicted molar refractivity (Wildman–Crippen MR) is 93.6 cm³/mol. The fourth-order valence-corrected chi connectivity index (χ4v) is 2.62. The molecule has 0 aliphatic rings. The Labute approximate surface area is 137 Å². The Morgan fingerprint density at radius 3 is 2.30 bits per heavy atom. The van der Waals surface area contributed by atoms with Crippen LogP contribution in [0, 0.1) is 13.8 Å². The number of urea groups is 1. The molecule has 122 valence electrons.